The molecule has 1 aromatic rings. The molecule has 0 bridgehead atoms. The molecule has 2 N–H and O–H groups in total. The zero-order valence-electron chi connectivity index (χ0n) is 11.0. The quantitative estimate of drug-likeness (QED) is 0.912. The summed E-state index contributed by atoms with van der Waals surface area (Å²) in [7, 11) is 0. The highest BCUT2D eigenvalue weighted by Crippen LogP contribution is 2.28. The molecule has 3 heteroatoms. The molecule has 1 aliphatic rings. The summed E-state index contributed by atoms with van der Waals surface area (Å²) in [6.07, 6.45) is 5.61. The van der Waals surface area contributed by atoms with Crippen molar-refractivity contribution < 1.29 is 4.74 Å². The van der Waals surface area contributed by atoms with Crippen LogP contribution in [0.25, 0.3) is 0 Å². The normalized spacial score (nSPS) is 24.2. The Balaban J connectivity index is 1.93. The van der Waals surface area contributed by atoms with Gasteiger partial charge in [-0.1, -0.05) is 47.8 Å². The second kappa shape index (κ2) is 6.69. The highest BCUT2D eigenvalue weighted by Gasteiger charge is 2.21. The number of halogens is 1. The van der Waals surface area contributed by atoms with Crippen molar-refractivity contribution in [1.29, 1.82) is 0 Å². The minimum Gasteiger partial charge on any atom is -0.373 e. The minimum absolute atomic E-state index is 0.430. The smallest absolute Gasteiger partial charge is 0.0731 e. The molecule has 100 valence electrons. The lowest BCUT2D eigenvalue weighted by molar-refractivity contribution is -0.0156. The second-order valence-electron chi connectivity index (χ2n) is 5.24. The number of hydrogen-bond acceptors (Lipinski definition) is 2. The fourth-order valence-corrected chi connectivity index (χ4v) is 3.10. The van der Waals surface area contributed by atoms with Crippen molar-refractivity contribution in [2.45, 2.75) is 51.9 Å². The van der Waals surface area contributed by atoms with Gasteiger partial charge >= 0.3 is 0 Å². The standard InChI is InChI=1S/C15H22BrNO/c1-11-4-2-3-5-15(11)18-10-13-7-6-12(9-17)8-14(13)16/h6-8,11,15H,2-5,9-10,17H2,1H3. The van der Waals surface area contributed by atoms with E-state index in [1.807, 2.05) is 0 Å². The molecule has 0 radical (unpaired) electrons. The molecule has 0 amide bonds. The van der Waals surface area contributed by atoms with Gasteiger partial charge in [-0.25, -0.2) is 0 Å². The predicted molar refractivity (Wildman–Crippen MR) is 78.2 cm³/mol. The monoisotopic (exact) mass is 311 g/mol. The lowest BCUT2D eigenvalue weighted by Crippen LogP contribution is -2.25. The van der Waals surface area contributed by atoms with Crippen molar-refractivity contribution in [2.24, 2.45) is 11.7 Å². The third-order valence-electron chi connectivity index (χ3n) is 3.84. The Morgan fingerprint density at radius 3 is 2.78 bits per heavy atom. The Kier molecular flexibility index (Phi) is 5.22. The fraction of sp³-hybridized carbons (Fsp3) is 0.600. The molecule has 1 aliphatic carbocycles. The SMILES string of the molecule is CC1CCCCC1OCc1ccc(CN)cc1Br. The summed E-state index contributed by atoms with van der Waals surface area (Å²) in [6.45, 7) is 3.58. The lowest BCUT2D eigenvalue weighted by Gasteiger charge is -2.28. The van der Waals surface area contributed by atoms with Crippen LogP contribution in [-0.4, -0.2) is 6.10 Å². The van der Waals surface area contributed by atoms with Crippen molar-refractivity contribution >= 4 is 15.9 Å². The largest absolute Gasteiger partial charge is 0.373 e. The first-order valence-corrected chi connectivity index (χ1v) is 7.59. The molecule has 1 saturated carbocycles. The van der Waals surface area contributed by atoms with Crippen LogP contribution in [0.15, 0.2) is 22.7 Å². The van der Waals surface area contributed by atoms with E-state index in [1.165, 1.54) is 31.2 Å². The number of nitrogens with two attached hydrogens (primary N) is 1. The van der Waals surface area contributed by atoms with Gasteiger partial charge in [0.1, 0.15) is 0 Å². The summed E-state index contributed by atoms with van der Waals surface area (Å²) < 4.78 is 7.18. The van der Waals surface area contributed by atoms with E-state index in [0.29, 0.717) is 25.2 Å². The number of ether oxygens (including phenoxy) is 1. The predicted octanol–water partition coefficient (Wildman–Crippen LogP) is 4.00. The van der Waals surface area contributed by atoms with E-state index in [9.17, 15) is 0 Å². The van der Waals surface area contributed by atoms with Crippen molar-refractivity contribution in [1.82, 2.24) is 0 Å². The van der Waals surface area contributed by atoms with E-state index in [2.05, 4.69) is 41.1 Å². The third-order valence-corrected chi connectivity index (χ3v) is 4.58. The van der Waals surface area contributed by atoms with Crippen LogP contribution in [0.1, 0.15) is 43.7 Å². The van der Waals surface area contributed by atoms with Crippen molar-refractivity contribution in [3.8, 4) is 0 Å². The Labute approximate surface area is 118 Å². The Morgan fingerprint density at radius 1 is 1.33 bits per heavy atom. The molecule has 0 aromatic heterocycles. The molecule has 2 unspecified atom stereocenters. The van der Waals surface area contributed by atoms with Gasteiger partial charge in [0, 0.05) is 11.0 Å². The number of benzene rings is 1. The molecular weight excluding hydrogens is 290 g/mol. The van der Waals surface area contributed by atoms with Gasteiger partial charge in [0.15, 0.2) is 0 Å². The van der Waals surface area contributed by atoms with Crippen LogP contribution in [0.2, 0.25) is 0 Å². The maximum absolute atomic E-state index is 6.07. The van der Waals surface area contributed by atoms with Gasteiger partial charge in [0.05, 0.1) is 12.7 Å². The van der Waals surface area contributed by atoms with E-state index in [4.69, 9.17) is 10.5 Å². The van der Waals surface area contributed by atoms with Gasteiger partial charge in [-0.15, -0.1) is 0 Å². The summed E-state index contributed by atoms with van der Waals surface area (Å²) in [5.74, 6) is 0.695. The minimum atomic E-state index is 0.430. The van der Waals surface area contributed by atoms with Gasteiger partial charge in [-0.2, -0.15) is 0 Å². The number of rotatable bonds is 4. The third kappa shape index (κ3) is 3.56. The van der Waals surface area contributed by atoms with Gasteiger partial charge in [0.2, 0.25) is 0 Å². The van der Waals surface area contributed by atoms with E-state index >= 15 is 0 Å². The first-order chi connectivity index (χ1) is 8.70. The topological polar surface area (TPSA) is 35.2 Å². The fourth-order valence-electron chi connectivity index (χ4n) is 2.56. The van der Waals surface area contributed by atoms with Crippen molar-refractivity contribution in [3.05, 3.63) is 33.8 Å². The first kappa shape index (κ1) is 14.0. The molecule has 1 aromatic carbocycles. The van der Waals surface area contributed by atoms with Crippen LogP contribution < -0.4 is 5.73 Å². The molecule has 0 heterocycles. The van der Waals surface area contributed by atoms with Gasteiger partial charge in [0.25, 0.3) is 0 Å². The van der Waals surface area contributed by atoms with E-state index < -0.39 is 0 Å². The summed E-state index contributed by atoms with van der Waals surface area (Å²) in [5, 5.41) is 0. The van der Waals surface area contributed by atoms with E-state index in [0.717, 1.165) is 10.0 Å². The molecule has 0 saturated heterocycles. The van der Waals surface area contributed by atoms with Crippen LogP contribution in [0, 0.1) is 5.92 Å². The molecule has 0 aliphatic heterocycles. The summed E-state index contributed by atoms with van der Waals surface area (Å²) in [6, 6.07) is 6.27. The van der Waals surface area contributed by atoms with Gasteiger partial charge < -0.3 is 10.5 Å². The average molecular weight is 312 g/mol. The molecule has 1 fully saturated rings. The second-order valence-corrected chi connectivity index (χ2v) is 6.10. The molecular formula is C15H22BrNO. The zero-order valence-corrected chi connectivity index (χ0v) is 12.6. The molecule has 2 nitrogen and oxygen atoms in total. The van der Waals surface area contributed by atoms with Crippen LogP contribution in [-0.2, 0) is 17.9 Å². The molecule has 2 atom stereocenters. The Hall–Kier alpha value is -0.380. The molecule has 2 rings (SSSR count). The van der Waals surface area contributed by atoms with Gasteiger partial charge in [-0.05, 0) is 36.0 Å². The van der Waals surface area contributed by atoms with Crippen LogP contribution >= 0.6 is 15.9 Å². The zero-order chi connectivity index (χ0) is 13.0. The molecule has 18 heavy (non-hydrogen) atoms. The van der Waals surface area contributed by atoms with Crippen molar-refractivity contribution in [2.75, 3.05) is 0 Å². The van der Waals surface area contributed by atoms with Crippen LogP contribution in [0.3, 0.4) is 0 Å². The van der Waals surface area contributed by atoms with Crippen LogP contribution in [0.4, 0.5) is 0 Å². The maximum atomic E-state index is 6.07. The molecule has 0 spiro atoms. The Bertz CT molecular complexity index is 394. The summed E-state index contributed by atoms with van der Waals surface area (Å²) in [4.78, 5) is 0. The first-order valence-electron chi connectivity index (χ1n) is 6.79. The van der Waals surface area contributed by atoms with Gasteiger partial charge in [-0.3, -0.25) is 0 Å². The summed E-state index contributed by atoms with van der Waals surface area (Å²) >= 11 is 3.59. The average Bonchev–Trinajstić information content (AvgIpc) is 2.39. The highest BCUT2D eigenvalue weighted by molar-refractivity contribution is 9.10. The number of hydrogen-bond donors (Lipinski definition) is 1. The highest BCUT2D eigenvalue weighted by atomic mass is 79.9. The van der Waals surface area contributed by atoms with E-state index in [1.54, 1.807) is 0 Å². The lowest BCUT2D eigenvalue weighted by atomic mass is 9.88. The van der Waals surface area contributed by atoms with Crippen molar-refractivity contribution in [3.63, 3.8) is 0 Å². The maximum Gasteiger partial charge on any atom is 0.0731 e. The van der Waals surface area contributed by atoms with E-state index in [-0.39, 0.29) is 0 Å². The van der Waals surface area contributed by atoms with Crippen LogP contribution in [0.5, 0.6) is 0 Å². The Morgan fingerprint density at radius 2 is 2.11 bits per heavy atom. The summed E-state index contributed by atoms with van der Waals surface area (Å²) in [5.41, 5.74) is 7.99.